The summed E-state index contributed by atoms with van der Waals surface area (Å²) in [6.07, 6.45) is -5.61. The molecule has 1 aliphatic rings. The molecule has 1 aromatic rings. The number of rotatable bonds is 4. The fourth-order valence-corrected chi connectivity index (χ4v) is 2.28. The summed E-state index contributed by atoms with van der Waals surface area (Å²) in [4.78, 5) is 10.9. The molecule has 0 aromatic heterocycles. The van der Waals surface area contributed by atoms with Gasteiger partial charge in [-0.1, -0.05) is 30.3 Å². The van der Waals surface area contributed by atoms with Crippen molar-refractivity contribution in [1.29, 1.82) is 5.41 Å². The van der Waals surface area contributed by atoms with Crippen LogP contribution < -0.4 is 0 Å². The van der Waals surface area contributed by atoms with Crippen molar-refractivity contribution in [2.75, 3.05) is 0 Å². The summed E-state index contributed by atoms with van der Waals surface area (Å²) in [5.74, 6) is -3.08. The first kappa shape index (κ1) is 14.6. The second-order valence-electron chi connectivity index (χ2n) is 4.77. The van der Waals surface area contributed by atoms with E-state index in [2.05, 4.69) is 0 Å². The first-order valence-electron chi connectivity index (χ1n) is 6.24. The molecule has 108 valence electrons. The van der Waals surface area contributed by atoms with Gasteiger partial charge in [0.2, 0.25) is 0 Å². The Balaban J connectivity index is 2.06. The highest BCUT2D eigenvalue weighted by atomic mass is 19.1. The van der Waals surface area contributed by atoms with Gasteiger partial charge in [-0.2, -0.15) is 0 Å². The van der Waals surface area contributed by atoms with E-state index < -0.39 is 42.5 Å². The van der Waals surface area contributed by atoms with Crippen LogP contribution in [0, 0.1) is 11.3 Å². The molecular formula is C14H15F2NO3. The molecule has 4 unspecified atom stereocenters. The maximum atomic E-state index is 14.1. The monoisotopic (exact) mass is 283 g/mol. The van der Waals surface area contributed by atoms with Gasteiger partial charge in [-0.25, -0.2) is 8.78 Å². The normalized spacial score (nSPS) is 30.2. The van der Waals surface area contributed by atoms with Crippen LogP contribution in [0.4, 0.5) is 8.78 Å². The predicted molar refractivity (Wildman–Crippen MR) is 68.3 cm³/mol. The number of aliphatic carboxylic acids is 1. The number of carboxylic acids is 1. The van der Waals surface area contributed by atoms with E-state index in [1.165, 1.54) is 0 Å². The zero-order chi connectivity index (χ0) is 14.7. The van der Waals surface area contributed by atoms with Gasteiger partial charge in [0.1, 0.15) is 24.4 Å². The van der Waals surface area contributed by atoms with Gasteiger partial charge in [0.25, 0.3) is 0 Å². The van der Waals surface area contributed by atoms with Crippen LogP contribution in [0.25, 0.3) is 0 Å². The lowest BCUT2D eigenvalue weighted by molar-refractivity contribution is -0.147. The molecule has 0 bridgehead atoms. The van der Waals surface area contributed by atoms with Gasteiger partial charge in [-0.05, 0) is 5.56 Å². The van der Waals surface area contributed by atoms with Crippen LogP contribution >= 0.6 is 0 Å². The van der Waals surface area contributed by atoms with E-state index in [9.17, 15) is 13.6 Å². The summed E-state index contributed by atoms with van der Waals surface area (Å²) < 4.78 is 33.1. The highest BCUT2D eigenvalue weighted by Crippen LogP contribution is 2.30. The number of alkyl halides is 2. The van der Waals surface area contributed by atoms with Crippen LogP contribution in [-0.2, 0) is 16.1 Å². The minimum absolute atomic E-state index is 0.00597. The minimum Gasteiger partial charge on any atom is -0.481 e. The molecule has 1 aliphatic carbocycles. The van der Waals surface area contributed by atoms with Crippen LogP contribution in [0.15, 0.2) is 30.3 Å². The molecule has 2 N–H and O–H groups in total. The third-order valence-electron chi connectivity index (χ3n) is 3.33. The topological polar surface area (TPSA) is 70.4 Å². The van der Waals surface area contributed by atoms with Crippen molar-refractivity contribution in [1.82, 2.24) is 0 Å². The molecule has 0 amide bonds. The molecule has 0 aliphatic heterocycles. The number of nitrogens with one attached hydrogen (secondary N) is 1. The number of benzene rings is 1. The summed E-state index contributed by atoms with van der Waals surface area (Å²) in [5, 5.41) is 16.3. The minimum atomic E-state index is -2.05. The summed E-state index contributed by atoms with van der Waals surface area (Å²) in [7, 11) is 0. The number of halogens is 2. The lowest BCUT2D eigenvalue weighted by atomic mass is 9.82. The van der Waals surface area contributed by atoms with Gasteiger partial charge in [0, 0.05) is 12.1 Å². The van der Waals surface area contributed by atoms with Crippen LogP contribution in [0.3, 0.4) is 0 Å². The van der Waals surface area contributed by atoms with Gasteiger partial charge in [-0.3, -0.25) is 4.79 Å². The third-order valence-corrected chi connectivity index (χ3v) is 3.33. The fourth-order valence-electron chi connectivity index (χ4n) is 2.28. The Morgan fingerprint density at radius 2 is 2.00 bits per heavy atom. The predicted octanol–water partition coefficient (Wildman–Crippen LogP) is 2.37. The van der Waals surface area contributed by atoms with Gasteiger partial charge >= 0.3 is 5.97 Å². The molecule has 20 heavy (non-hydrogen) atoms. The molecule has 1 saturated carbocycles. The zero-order valence-corrected chi connectivity index (χ0v) is 10.6. The number of carbonyl (C=O) groups is 1. The second kappa shape index (κ2) is 6.09. The van der Waals surface area contributed by atoms with Gasteiger partial charge < -0.3 is 15.3 Å². The molecule has 4 nitrogen and oxygen atoms in total. The maximum Gasteiger partial charge on any atom is 0.315 e. The molecule has 1 aromatic carbocycles. The molecular weight excluding hydrogens is 268 g/mol. The standard InChI is InChI=1S/C14H15F2NO3/c15-9-6-10(17)11(14(18)19)12(16)13(9)20-7-8-4-2-1-3-5-8/h1-5,9,11-13,17H,6-7H2,(H,18,19). The maximum absolute atomic E-state index is 14.1. The summed E-state index contributed by atoms with van der Waals surface area (Å²) in [6.45, 7) is 0.00597. The molecule has 1 fully saturated rings. The number of ether oxygens (including phenoxy) is 1. The van der Waals surface area contributed by atoms with Crippen LogP contribution in [-0.4, -0.2) is 35.2 Å². The summed E-state index contributed by atoms with van der Waals surface area (Å²) in [6, 6.07) is 8.85. The lowest BCUT2D eigenvalue weighted by Crippen LogP contribution is -2.51. The van der Waals surface area contributed by atoms with E-state index in [-0.39, 0.29) is 6.61 Å². The van der Waals surface area contributed by atoms with Gasteiger partial charge in [0.05, 0.1) is 6.61 Å². The number of carboxylic acid groups (broad SMARTS) is 1. The van der Waals surface area contributed by atoms with E-state index >= 15 is 0 Å². The first-order chi connectivity index (χ1) is 9.50. The summed E-state index contributed by atoms with van der Waals surface area (Å²) in [5.41, 5.74) is 0.316. The Kier molecular flexibility index (Phi) is 4.44. The molecule has 4 atom stereocenters. The van der Waals surface area contributed by atoms with Crippen molar-refractivity contribution in [3.63, 3.8) is 0 Å². The Morgan fingerprint density at radius 1 is 1.35 bits per heavy atom. The van der Waals surface area contributed by atoms with E-state index in [0.717, 1.165) is 5.56 Å². The lowest BCUT2D eigenvalue weighted by Gasteiger charge is -2.33. The zero-order valence-electron chi connectivity index (χ0n) is 10.6. The summed E-state index contributed by atoms with van der Waals surface area (Å²) >= 11 is 0. The first-order valence-corrected chi connectivity index (χ1v) is 6.24. The van der Waals surface area contributed by atoms with Crippen molar-refractivity contribution in [2.24, 2.45) is 5.92 Å². The second-order valence-corrected chi connectivity index (χ2v) is 4.77. The molecule has 0 saturated heterocycles. The van der Waals surface area contributed by atoms with E-state index in [0.29, 0.717) is 0 Å². The SMILES string of the molecule is N=C1CC(F)C(OCc2ccccc2)C(F)C1C(=O)O. The Labute approximate surface area is 114 Å². The fraction of sp³-hybridized carbons (Fsp3) is 0.429. The Morgan fingerprint density at radius 3 is 2.60 bits per heavy atom. The van der Waals surface area contributed by atoms with Crippen molar-refractivity contribution >= 4 is 11.7 Å². The van der Waals surface area contributed by atoms with Crippen molar-refractivity contribution in [3.8, 4) is 0 Å². The highest BCUT2D eigenvalue weighted by Gasteiger charge is 2.47. The largest absolute Gasteiger partial charge is 0.481 e. The third kappa shape index (κ3) is 3.01. The van der Waals surface area contributed by atoms with Gasteiger partial charge in [-0.15, -0.1) is 0 Å². The number of hydrogen-bond acceptors (Lipinski definition) is 3. The van der Waals surface area contributed by atoms with E-state index in [4.69, 9.17) is 15.3 Å². The highest BCUT2D eigenvalue weighted by molar-refractivity contribution is 6.01. The number of hydrogen-bond donors (Lipinski definition) is 2. The van der Waals surface area contributed by atoms with Gasteiger partial charge in [0.15, 0.2) is 0 Å². The van der Waals surface area contributed by atoms with Crippen molar-refractivity contribution in [2.45, 2.75) is 31.5 Å². The van der Waals surface area contributed by atoms with Crippen molar-refractivity contribution in [3.05, 3.63) is 35.9 Å². The molecule has 2 rings (SSSR count). The average molecular weight is 283 g/mol. The molecule has 6 heteroatoms. The van der Waals surface area contributed by atoms with Crippen LogP contribution in [0.2, 0.25) is 0 Å². The van der Waals surface area contributed by atoms with Crippen molar-refractivity contribution < 1.29 is 23.4 Å². The van der Waals surface area contributed by atoms with Crippen LogP contribution in [0.1, 0.15) is 12.0 Å². The smallest absolute Gasteiger partial charge is 0.315 e. The van der Waals surface area contributed by atoms with E-state index in [1.54, 1.807) is 24.3 Å². The molecule has 0 heterocycles. The average Bonchev–Trinajstić information content (AvgIpc) is 2.38. The quantitative estimate of drug-likeness (QED) is 0.891. The van der Waals surface area contributed by atoms with E-state index in [1.807, 2.05) is 6.07 Å². The molecule has 0 radical (unpaired) electrons. The van der Waals surface area contributed by atoms with Crippen LogP contribution in [0.5, 0.6) is 0 Å². The Bertz CT molecular complexity index is 494. The Hall–Kier alpha value is -1.82. The molecule has 0 spiro atoms.